The Kier molecular flexibility index (Phi) is 4.33. The Bertz CT molecular complexity index is 586. The highest BCUT2D eigenvalue weighted by Crippen LogP contribution is 2.60. The molecule has 0 radical (unpaired) electrons. The Morgan fingerprint density at radius 3 is 1.86 bits per heavy atom. The molecular formula is C14H24O6S2. The van der Waals surface area contributed by atoms with Gasteiger partial charge in [-0.05, 0) is 68.1 Å². The maximum atomic E-state index is 11.9. The lowest BCUT2D eigenvalue weighted by atomic mass is 9.50. The monoisotopic (exact) mass is 352 g/mol. The van der Waals surface area contributed by atoms with Crippen LogP contribution in [0.4, 0.5) is 0 Å². The van der Waals surface area contributed by atoms with E-state index >= 15 is 0 Å². The predicted octanol–water partition coefficient (Wildman–Crippen LogP) is 1.83. The van der Waals surface area contributed by atoms with E-state index in [-0.39, 0.29) is 24.2 Å². The summed E-state index contributed by atoms with van der Waals surface area (Å²) in [5, 5.41) is 0. The molecule has 6 nitrogen and oxygen atoms in total. The minimum atomic E-state index is -4.12. The molecule has 4 aliphatic carbocycles. The lowest BCUT2D eigenvalue weighted by Gasteiger charge is -2.56. The number of hydrogen-bond acceptors (Lipinski definition) is 5. The molecule has 4 bridgehead atoms. The van der Waals surface area contributed by atoms with Gasteiger partial charge in [-0.25, -0.2) is 0 Å². The first-order valence-electron chi connectivity index (χ1n) is 7.97. The summed E-state index contributed by atoms with van der Waals surface area (Å²) in [6, 6.07) is 0. The fraction of sp³-hybridized carbons (Fsp3) is 1.00. The zero-order chi connectivity index (χ0) is 16.0. The Balaban J connectivity index is 1.53. The van der Waals surface area contributed by atoms with Crippen LogP contribution in [0.15, 0.2) is 0 Å². The molecule has 0 heterocycles. The fourth-order valence-electron chi connectivity index (χ4n) is 5.16. The van der Waals surface area contributed by atoms with Gasteiger partial charge in [0.15, 0.2) is 0 Å². The van der Waals surface area contributed by atoms with Crippen molar-refractivity contribution in [1.82, 2.24) is 0 Å². The Morgan fingerprint density at radius 1 is 0.909 bits per heavy atom. The highest BCUT2D eigenvalue weighted by atomic mass is 32.2. The lowest BCUT2D eigenvalue weighted by molar-refractivity contribution is -0.0735. The molecule has 0 aliphatic heterocycles. The van der Waals surface area contributed by atoms with Gasteiger partial charge >= 0.3 is 0 Å². The van der Waals surface area contributed by atoms with Gasteiger partial charge in [-0.1, -0.05) is 0 Å². The second-order valence-corrected chi connectivity index (χ2v) is 10.9. The smallest absolute Gasteiger partial charge is 0.267 e. The highest BCUT2D eigenvalue weighted by molar-refractivity contribution is 7.87. The molecule has 8 heteroatoms. The molecule has 0 spiro atoms. The second-order valence-electron chi connectivity index (χ2n) is 7.58. The third-order valence-electron chi connectivity index (χ3n) is 5.51. The van der Waals surface area contributed by atoms with E-state index in [2.05, 4.69) is 0 Å². The molecular weight excluding hydrogens is 328 g/mol. The van der Waals surface area contributed by atoms with Gasteiger partial charge in [-0.2, -0.15) is 16.8 Å². The third kappa shape index (κ3) is 4.01. The summed E-state index contributed by atoms with van der Waals surface area (Å²) in [4.78, 5) is 0. The molecule has 0 aromatic carbocycles. The van der Waals surface area contributed by atoms with Gasteiger partial charge < -0.3 is 0 Å². The van der Waals surface area contributed by atoms with Crippen molar-refractivity contribution in [1.29, 1.82) is 0 Å². The Morgan fingerprint density at radius 2 is 1.41 bits per heavy atom. The Hall–Kier alpha value is -0.180. The normalized spacial score (nSPS) is 37.6. The minimum Gasteiger partial charge on any atom is -0.286 e. The van der Waals surface area contributed by atoms with Crippen LogP contribution in [-0.2, 0) is 24.4 Å². The third-order valence-corrected chi connectivity index (χ3v) is 7.58. The molecule has 128 valence electrons. The quantitative estimate of drug-likeness (QED) is 0.554. The molecule has 4 rings (SSSR count). The first-order valence-corrected chi connectivity index (χ1v) is 11.2. The molecule has 4 fully saturated rings. The fourth-order valence-corrected chi connectivity index (χ4v) is 6.90. The first-order chi connectivity index (χ1) is 10.1. The van der Waals surface area contributed by atoms with Gasteiger partial charge in [0, 0.05) is 0 Å². The van der Waals surface area contributed by atoms with E-state index in [4.69, 9.17) is 8.74 Å². The van der Waals surface area contributed by atoms with Gasteiger partial charge in [0.05, 0.1) is 18.1 Å². The number of hydrogen-bond donors (Lipinski definition) is 1. The van der Waals surface area contributed by atoms with E-state index in [9.17, 15) is 16.8 Å². The zero-order valence-corrected chi connectivity index (χ0v) is 14.2. The van der Waals surface area contributed by atoms with Crippen LogP contribution in [0.5, 0.6) is 0 Å². The van der Waals surface area contributed by atoms with E-state index in [0.29, 0.717) is 0 Å². The average molecular weight is 352 g/mol. The van der Waals surface area contributed by atoms with Crippen LogP contribution in [0.1, 0.15) is 44.9 Å². The minimum absolute atomic E-state index is 0.0187. The maximum Gasteiger partial charge on any atom is 0.267 e. The summed E-state index contributed by atoms with van der Waals surface area (Å²) in [5.74, 6) is 1.29. The van der Waals surface area contributed by atoms with Crippen molar-refractivity contribution >= 4 is 20.2 Å². The largest absolute Gasteiger partial charge is 0.286 e. The van der Waals surface area contributed by atoms with E-state index in [1.54, 1.807) is 0 Å². The van der Waals surface area contributed by atoms with Crippen molar-refractivity contribution in [3.05, 3.63) is 0 Å². The summed E-state index contributed by atoms with van der Waals surface area (Å²) in [6.07, 6.45) is 6.95. The van der Waals surface area contributed by atoms with Crippen LogP contribution >= 0.6 is 0 Å². The van der Waals surface area contributed by atoms with Crippen LogP contribution < -0.4 is 0 Å². The predicted molar refractivity (Wildman–Crippen MR) is 81.4 cm³/mol. The van der Waals surface area contributed by atoms with Crippen molar-refractivity contribution in [2.75, 3.05) is 18.1 Å². The van der Waals surface area contributed by atoms with Gasteiger partial charge in [0.25, 0.3) is 20.2 Å². The van der Waals surface area contributed by atoms with E-state index in [0.717, 1.165) is 37.0 Å². The summed E-state index contributed by atoms with van der Waals surface area (Å²) in [7, 11) is -7.84. The molecule has 1 N–H and O–H groups in total. The van der Waals surface area contributed by atoms with Crippen molar-refractivity contribution in [2.45, 2.75) is 44.9 Å². The molecule has 4 aliphatic rings. The van der Waals surface area contributed by atoms with E-state index in [1.165, 1.54) is 19.3 Å². The SMILES string of the molecule is O=S(=O)(O)CCCS(=O)(=O)OCC12CC3CC(CC(C3)C1)C2. The van der Waals surface area contributed by atoms with Crippen molar-refractivity contribution in [2.24, 2.45) is 23.2 Å². The van der Waals surface area contributed by atoms with Crippen LogP contribution in [0.2, 0.25) is 0 Å². The molecule has 0 atom stereocenters. The summed E-state index contributed by atoms with van der Waals surface area (Å²) >= 11 is 0. The van der Waals surface area contributed by atoms with Crippen molar-refractivity contribution in [3.8, 4) is 0 Å². The topological polar surface area (TPSA) is 97.7 Å². The molecule has 0 aromatic rings. The molecule has 4 saturated carbocycles. The van der Waals surface area contributed by atoms with Gasteiger partial charge in [0.2, 0.25) is 0 Å². The summed E-state index contributed by atoms with van der Waals surface area (Å²) < 4.78 is 58.9. The molecule has 0 aromatic heterocycles. The van der Waals surface area contributed by atoms with Gasteiger partial charge in [0.1, 0.15) is 0 Å². The standard InChI is InChI=1S/C14H24O6S2/c15-21(16,17)2-1-3-22(18,19)20-10-14-7-11-4-12(8-14)6-13(5-11)9-14/h11-13H,1-10H2,(H,15,16,17). The number of rotatable bonds is 7. The zero-order valence-electron chi connectivity index (χ0n) is 12.6. The Labute approximate surface area is 132 Å². The van der Waals surface area contributed by atoms with E-state index in [1.807, 2.05) is 0 Å². The molecule has 0 unspecified atom stereocenters. The molecule has 22 heavy (non-hydrogen) atoms. The van der Waals surface area contributed by atoms with Crippen molar-refractivity contribution in [3.63, 3.8) is 0 Å². The van der Waals surface area contributed by atoms with Crippen LogP contribution in [0.25, 0.3) is 0 Å². The van der Waals surface area contributed by atoms with Crippen LogP contribution in [-0.4, -0.2) is 39.5 Å². The van der Waals surface area contributed by atoms with Gasteiger partial charge in [-0.3, -0.25) is 8.74 Å². The molecule has 0 amide bonds. The first kappa shape index (κ1) is 16.7. The second kappa shape index (κ2) is 5.72. The maximum absolute atomic E-state index is 11.9. The lowest BCUT2D eigenvalue weighted by Crippen LogP contribution is -2.48. The van der Waals surface area contributed by atoms with E-state index < -0.39 is 26.0 Å². The van der Waals surface area contributed by atoms with Crippen LogP contribution in [0, 0.1) is 23.2 Å². The highest BCUT2D eigenvalue weighted by Gasteiger charge is 2.51. The van der Waals surface area contributed by atoms with Crippen LogP contribution in [0.3, 0.4) is 0 Å². The average Bonchev–Trinajstić information content (AvgIpc) is 2.33. The summed E-state index contributed by atoms with van der Waals surface area (Å²) in [5.41, 5.74) is 0.0187. The van der Waals surface area contributed by atoms with Crippen molar-refractivity contribution < 1.29 is 25.6 Å². The van der Waals surface area contributed by atoms with Gasteiger partial charge in [-0.15, -0.1) is 0 Å². The summed E-state index contributed by atoms with van der Waals surface area (Å²) in [6.45, 7) is 0.241. The molecule has 0 saturated heterocycles.